The number of piperidine rings is 1. The summed E-state index contributed by atoms with van der Waals surface area (Å²) in [5.74, 6) is 0.981. The first kappa shape index (κ1) is 19.7. The van der Waals surface area contributed by atoms with Gasteiger partial charge in [0.1, 0.15) is 5.75 Å². The van der Waals surface area contributed by atoms with Crippen LogP contribution in [0, 0.1) is 0 Å². The highest BCUT2D eigenvalue weighted by Gasteiger charge is 2.27. The van der Waals surface area contributed by atoms with Crippen LogP contribution in [0.5, 0.6) is 5.75 Å². The van der Waals surface area contributed by atoms with Crippen LogP contribution in [0.15, 0.2) is 24.3 Å². The number of piperazine rings is 1. The van der Waals surface area contributed by atoms with Gasteiger partial charge < -0.3 is 9.64 Å². The van der Waals surface area contributed by atoms with Gasteiger partial charge in [-0.25, -0.2) is 0 Å². The largest absolute Gasteiger partial charge is 0.494 e. The first-order chi connectivity index (χ1) is 12.7. The van der Waals surface area contributed by atoms with Crippen LogP contribution in [0.1, 0.15) is 39.2 Å². The standard InChI is InChI=1S/C22H37N3O/c1-4-26-22-7-5-20(6-8-22)9-12-23-13-10-21(11-14-23)25-17-15-24(16-18-25)19(2)3/h5-8,19,21H,4,9-18H2,1-3H3. The van der Waals surface area contributed by atoms with Gasteiger partial charge in [-0.05, 0) is 70.8 Å². The van der Waals surface area contributed by atoms with Gasteiger partial charge in [-0.3, -0.25) is 9.80 Å². The van der Waals surface area contributed by atoms with Crippen LogP contribution in [0.3, 0.4) is 0 Å². The Labute approximate surface area is 160 Å². The monoisotopic (exact) mass is 359 g/mol. The molecule has 0 radical (unpaired) electrons. The van der Waals surface area contributed by atoms with Gasteiger partial charge in [-0.15, -0.1) is 0 Å². The molecule has 1 aromatic carbocycles. The molecule has 146 valence electrons. The Kier molecular flexibility index (Phi) is 7.35. The fourth-order valence-corrected chi connectivity index (χ4v) is 4.33. The highest BCUT2D eigenvalue weighted by molar-refractivity contribution is 5.27. The predicted octanol–water partition coefficient (Wildman–Crippen LogP) is 3.12. The van der Waals surface area contributed by atoms with Crippen LogP contribution in [0.4, 0.5) is 0 Å². The van der Waals surface area contributed by atoms with E-state index < -0.39 is 0 Å². The molecule has 4 nitrogen and oxygen atoms in total. The van der Waals surface area contributed by atoms with Crippen molar-refractivity contribution in [1.29, 1.82) is 0 Å². The van der Waals surface area contributed by atoms with Crippen LogP contribution < -0.4 is 4.74 Å². The molecule has 0 bridgehead atoms. The fourth-order valence-electron chi connectivity index (χ4n) is 4.33. The third kappa shape index (κ3) is 5.45. The molecule has 2 saturated heterocycles. The van der Waals surface area contributed by atoms with Crippen molar-refractivity contribution in [3.05, 3.63) is 29.8 Å². The molecule has 0 N–H and O–H groups in total. The van der Waals surface area contributed by atoms with Crippen molar-refractivity contribution in [2.75, 3.05) is 52.4 Å². The summed E-state index contributed by atoms with van der Waals surface area (Å²) in [4.78, 5) is 8.02. The first-order valence-corrected chi connectivity index (χ1v) is 10.6. The van der Waals surface area contributed by atoms with E-state index in [1.807, 2.05) is 6.92 Å². The van der Waals surface area contributed by atoms with E-state index in [0.29, 0.717) is 6.04 Å². The van der Waals surface area contributed by atoms with E-state index in [1.165, 1.54) is 64.2 Å². The molecule has 2 aliphatic rings. The zero-order chi connectivity index (χ0) is 18.4. The third-order valence-electron chi connectivity index (χ3n) is 6.10. The van der Waals surface area contributed by atoms with Gasteiger partial charge in [0.15, 0.2) is 0 Å². The van der Waals surface area contributed by atoms with E-state index in [0.717, 1.165) is 24.8 Å². The summed E-state index contributed by atoms with van der Waals surface area (Å²) < 4.78 is 5.53. The molecular formula is C22H37N3O. The highest BCUT2D eigenvalue weighted by atomic mass is 16.5. The van der Waals surface area contributed by atoms with Gasteiger partial charge in [0.2, 0.25) is 0 Å². The SMILES string of the molecule is CCOc1ccc(CCN2CCC(N3CCN(C(C)C)CC3)CC2)cc1. The van der Waals surface area contributed by atoms with Crippen molar-refractivity contribution < 1.29 is 4.74 Å². The van der Waals surface area contributed by atoms with E-state index >= 15 is 0 Å². The molecule has 0 spiro atoms. The maximum absolute atomic E-state index is 5.53. The number of rotatable bonds is 7. The molecular weight excluding hydrogens is 322 g/mol. The van der Waals surface area contributed by atoms with E-state index in [4.69, 9.17) is 4.74 Å². The number of benzene rings is 1. The maximum atomic E-state index is 5.53. The van der Waals surface area contributed by atoms with Gasteiger partial charge in [-0.2, -0.15) is 0 Å². The van der Waals surface area contributed by atoms with E-state index in [2.05, 4.69) is 52.8 Å². The molecule has 0 saturated carbocycles. The first-order valence-electron chi connectivity index (χ1n) is 10.6. The second-order valence-corrected chi connectivity index (χ2v) is 8.07. The average Bonchev–Trinajstić information content (AvgIpc) is 2.68. The number of likely N-dealkylation sites (tertiary alicyclic amines) is 1. The van der Waals surface area contributed by atoms with Crippen molar-refractivity contribution in [2.24, 2.45) is 0 Å². The lowest BCUT2D eigenvalue weighted by Crippen LogP contribution is -2.54. The molecule has 2 fully saturated rings. The molecule has 0 aromatic heterocycles. The molecule has 0 atom stereocenters. The molecule has 26 heavy (non-hydrogen) atoms. The van der Waals surface area contributed by atoms with E-state index in [-0.39, 0.29) is 0 Å². The smallest absolute Gasteiger partial charge is 0.119 e. The highest BCUT2D eigenvalue weighted by Crippen LogP contribution is 2.20. The minimum Gasteiger partial charge on any atom is -0.494 e. The van der Waals surface area contributed by atoms with Crippen LogP contribution in [0.25, 0.3) is 0 Å². The lowest BCUT2D eigenvalue weighted by Gasteiger charge is -2.43. The maximum Gasteiger partial charge on any atom is 0.119 e. The number of nitrogens with zero attached hydrogens (tertiary/aromatic N) is 3. The summed E-state index contributed by atoms with van der Waals surface area (Å²) in [5, 5.41) is 0. The van der Waals surface area contributed by atoms with Crippen molar-refractivity contribution in [3.8, 4) is 5.75 Å². The fraction of sp³-hybridized carbons (Fsp3) is 0.727. The second kappa shape index (κ2) is 9.72. The van der Waals surface area contributed by atoms with Gasteiger partial charge in [0, 0.05) is 44.8 Å². The summed E-state index contributed by atoms with van der Waals surface area (Å²) in [6.45, 7) is 16.1. The Bertz CT molecular complexity index is 515. The molecule has 0 amide bonds. The lowest BCUT2D eigenvalue weighted by atomic mass is 10.0. The molecule has 0 unspecified atom stereocenters. The number of ether oxygens (including phenoxy) is 1. The zero-order valence-electron chi connectivity index (χ0n) is 17.0. The van der Waals surface area contributed by atoms with Gasteiger partial charge >= 0.3 is 0 Å². The molecule has 2 heterocycles. The van der Waals surface area contributed by atoms with Crippen molar-refractivity contribution in [1.82, 2.24) is 14.7 Å². The minimum absolute atomic E-state index is 0.696. The topological polar surface area (TPSA) is 19.0 Å². The number of hydrogen-bond donors (Lipinski definition) is 0. The van der Waals surface area contributed by atoms with Crippen molar-refractivity contribution in [3.63, 3.8) is 0 Å². The van der Waals surface area contributed by atoms with Gasteiger partial charge in [0.25, 0.3) is 0 Å². The molecule has 3 rings (SSSR count). The number of hydrogen-bond acceptors (Lipinski definition) is 4. The summed E-state index contributed by atoms with van der Waals surface area (Å²) in [6.07, 6.45) is 3.82. The summed E-state index contributed by atoms with van der Waals surface area (Å²) in [5.41, 5.74) is 1.42. The normalized spacial score (nSPS) is 21.4. The van der Waals surface area contributed by atoms with Crippen LogP contribution in [0.2, 0.25) is 0 Å². The third-order valence-corrected chi connectivity index (χ3v) is 6.10. The minimum atomic E-state index is 0.696. The Morgan fingerprint density at radius 1 is 0.962 bits per heavy atom. The zero-order valence-corrected chi connectivity index (χ0v) is 17.0. The van der Waals surface area contributed by atoms with E-state index in [9.17, 15) is 0 Å². The molecule has 0 aliphatic carbocycles. The molecule has 2 aliphatic heterocycles. The Balaban J connectivity index is 1.36. The van der Waals surface area contributed by atoms with Crippen molar-refractivity contribution >= 4 is 0 Å². The Morgan fingerprint density at radius 3 is 2.19 bits per heavy atom. The Morgan fingerprint density at radius 2 is 1.62 bits per heavy atom. The summed E-state index contributed by atoms with van der Waals surface area (Å²) in [7, 11) is 0. The van der Waals surface area contributed by atoms with Gasteiger partial charge in [0.05, 0.1) is 6.61 Å². The van der Waals surface area contributed by atoms with Crippen LogP contribution in [-0.2, 0) is 6.42 Å². The lowest BCUT2D eigenvalue weighted by molar-refractivity contribution is 0.0487. The second-order valence-electron chi connectivity index (χ2n) is 8.07. The van der Waals surface area contributed by atoms with Gasteiger partial charge in [-0.1, -0.05) is 12.1 Å². The Hall–Kier alpha value is -1.10. The average molecular weight is 360 g/mol. The predicted molar refractivity (Wildman–Crippen MR) is 109 cm³/mol. The summed E-state index contributed by atoms with van der Waals surface area (Å²) >= 11 is 0. The quantitative estimate of drug-likeness (QED) is 0.744. The summed E-state index contributed by atoms with van der Waals surface area (Å²) in [6, 6.07) is 10.1. The van der Waals surface area contributed by atoms with Crippen LogP contribution in [-0.4, -0.2) is 79.2 Å². The molecule has 1 aromatic rings. The molecule has 4 heteroatoms. The van der Waals surface area contributed by atoms with Crippen molar-refractivity contribution in [2.45, 2.75) is 52.1 Å². The van der Waals surface area contributed by atoms with Crippen LogP contribution >= 0.6 is 0 Å². The van der Waals surface area contributed by atoms with E-state index in [1.54, 1.807) is 0 Å².